The van der Waals surface area contributed by atoms with E-state index in [4.69, 9.17) is 20.8 Å². The minimum absolute atomic E-state index is 0.259. The number of nitrogens with zero attached hydrogens (tertiary/aromatic N) is 1. The smallest absolute Gasteiger partial charge is 0.233 e. The second kappa shape index (κ2) is 4.68. The van der Waals surface area contributed by atoms with E-state index >= 15 is 0 Å². The van der Waals surface area contributed by atoms with Crippen molar-refractivity contribution in [2.45, 2.75) is 6.61 Å². The third-order valence-electron chi connectivity index (χ3n) is 1.71. The van der Waals surface area contributed by atoms with Crippen LogP contribution in [0.25, 0.3) is 0 Å². The van der Waals surface area contributed by atoms with Crippen LogP contribution in [0.2, 0.25) is 5.02 Å². The van der Waals surface area contributed by atoms with Gasteiger partial charge in [0.1, 0.15) is 5.75 Å². The molecule has 0 atom stereocenters. The number of ether oxygens (including phenoxy) is 1. The lowest BCUT2D eigenvalue weighted by atomic mass is 10.3. The van der Waals surface area contributed by atoms with Gasteiger partial charge in [-0.2, -0.15) is 0 Å². The number of para-hydroxylation sites is 1. The molecule has 0 spiro atoms. The van der Waals surface area contributed by atoms with Crippen molar-refractivity contribution in [1.29, 1.82) is 0 Å². The van der Waals surface area contributed by atoms with E-state index in [0.717, 1.165) is 0 Å². The highest BCUT2D eigenvalue weighted by atomic mass is 79.9. The zero-order valence-corrected chi connectivity index (χ0v) is 9.96. The van der Waals surface area contributed by atoms with Gasteiger partial charge in [-0.25, -0.2) is 4.98 Å². The molecule has 1 aromatic heterocycles. The number of rotatable bonds is 3. The molecule has 0 amide bonds. The summed E-state index contributed by atoms with van der Waals surface area (Å²) >= 11 is 9.07. The quantitative estimate of drug-likeness (QED) is 0.864. The number of aromatic nitrogens is 1. The van der Waals surface area contributed by atoms with Crippen LogP contribution in [0.15, 0.2) is 39.5 Å². The summed E-state index contributed by atoms with van der Waals surface area (Å²) in [6, 6.07) is 7.26. The Morgan fingerprint density at radius 3 is 2.87 bits per heavy atom. The largest absolute Gasteiger partial charge is 0.482 e. The predicted octanol–water partition coefficient (Wildman–Crippen LogP) is 3.67. The van der Waals surface area contributed by atoms with Crippen molar-refractivity contribution >= 4 is 27.5 Å². The molecule has 3 nitrogen and oxygen atoms in total. The molecule has 15 heavy (non-hydrogen) atoms. The van der Waals surface area contributed by atoms with E-state index in [1.807, 2.05) is 12.1 Å². The van der Waals surface area contributed by atoms with Gasteiger partial charge in [-0.1, -0.05) is 23.7 Å². The summed E-state index contributed by atoms with van der Waals surface area (Å²) in [5, 5.41) is 0.572. The van der Waals surface area contributed by atoms with Crippen molar-refractivity contribution in [3.05, 3.63) is 46.0 Å². The molecular weight excluding hydrogens is 281 g/mol. The fourth-order valence-corrected chi connectivity index (χ4v) is 1.54. The molecule has 1 heterocycles. The third kappa shape index (κ3) is 2.73. The lowest BCUT2D eigenvalue weighted by molar-refractivity contribution is 0.260. The van der Waals surface area contributed by atoms with Crippen LogP contribution < -0.4 is 4.74 Å². The molecule has 5 heteroatoms. The van der Waals surface area contributed by atoms with Crippen molar-refractivity contribution in [1.82, 2.24) is 4.98 Å². The Morgan fingerprint density at radius 2 is 2.20 bits per heavy atom. The molecule has 0 aliphatic heterocycles. The molecule has 0 N–H and O–H groups in total. The SMILES string of the molecule is Clc1ccccc1OCc1ncc(Br)o1. The maximum Gasteiger partial charge on any atom is 0.233 e. The molecule has 0 bridgehead atoms. The number of oxazole rings is 1. The van der Waals surface area contributed by atoms with Crippen LogP contribution in [0, 0.1) is 0 Å². The Hall–Kier alpha value is -1.000. The van der Waals surface area contributed by atoms with Gasteiger partial charge in [-0.05, 0) is 28.1 Å². The summed E-state index contributed by atoms with van der Waals surface area (Å²) in [6.45, 7) is 0.259. The highest BCUT2D eigenvalue weighted by molar-refractivity contribution is 9.10. The molecule has 0 saturated carbocycles. The first kappa shape index (κ1) is 10.5. The Morgan fingerprint density at radius 1 is 1.40 bits per heavy atom. The average Bonchev–Trinajstić information content (AvgIpc) is 2.63. The highest BCUT2D eigenvalue weighted by Gasteiger charge is 2.04. The molecule has 1 aromatic carbocycles. The normalized spacial score (nSPS) is 10.3. The van der Waals surface area contributed by atoms with E-state index in [0.29, 0.717) is 21.3 Å². The first-order valence-electron chi connectivity index (χ1n) is 4.23. The number of hydrogen-bond donors (Lipinski definition) is 0. The van der Waals surface area contributed by atoms with Gasteiger partial charge < -0.3 is 9.15 Å². The molecule has 2 aromatic rings. The minimum Gasteiger partial charge on any atom is -0.482 e. The number of benzene rings is 1. The van der Waals surface area contributed by atoms with Crippen molar-refractivity contribution < 1.29 is 9.15 Å². The molecule has 0 saturated heterocycles. The Bertz CT molecular complexity index is 458. The first-order chi connectivity index (χ1) is 7.25. The summed E-state index contributed by atoms with van der Waals surface area (Å²) < 4.78 is 11.2. The molecular formula is C10H7BrClNO2. The third-order valence-corrected chi connectivity index (χ3v) is 2.39. The fraction of sp³-hybridized carbons (Fsp3) is 0.100. The molecule has 78 valence electrons. The lowest BCUT2D eigenvalue weighted by Crippen LogP contribution is -1.95. The minimum atomic E-state index is 0.259. The van der Waals surface area contributed by atoms with Gasteiger partial charge in [0.2, 0.25) is 5.89 Å². The van der Waals surface area contributed by atoms with Gasteiger partial charge in [-0.3, -0.25) is 0 Å². The van der Waals surface area contributed by atoms with Crippen molar-refractivity contribution in [2.24, 2.45) is 0 Å². The second-order valence-corrected chi connectivity index (χ2v) is 3.97. The van der Waals surface area contributed by atoms with Crippen molar-refractivity contribution in [2.75, 3.05) is 0 Å². The van der Waals surface area contributed by atoms with Gasteiger partial charge in [0.25, 0.3) is 0 Å². The molecule has 0 fully saturated rings. The van der Waals surface area contributed by atoms with E-state index in [9.17, 15) is 0 Å². The zero-order valence-electron chi connectivity index (χ0n) is 7.61. The van der Waals surface area contributed by atoms with Crippen molar-refractivity contribution in [3.8, 4) is 5.75 Å². The van der Waals surface area contributed by atoms with Crippen LogP contribution >= 0.6 is 27.5 Å². The van der Waals surface area contributed by atoms with Crippen LogP contribution in [0.4, 0.5) is 0 Å². The summed E-state index contributed by atoms with van der Waals surface area (Å²) in [7, 11) is 0. The topological polar surface area (TPSA) is 35.3 Å². The predicted molar refractivity (Wildman–Crippen MR) is 60.0 cm³/mol. The Labute approximate surface area is 100 Å². The molecule has 0 aliphatic rings. The van der Waals surface area contributed by atoms with Crippen LogP contribution in [0.1, 0.15) is 5.89 Å². The van der Waals surface area contributed by atoms with Crippen molar-refractivity contribution in [3.63, 3.8) is 0 Å². The fourth-order valence-electron chi connectivity index (χ4n) is 1.06. The second-order valence-electron chi connectivity index (χ2n) is 2.78. The summed E-state index contributed by atoms with van der Waals surface area (Å²) in [4.78, 5) is 3.98. The summed E-state index contributed by atoms with van der Waals surface area (Å²) in [5.74, 6) is 1.12. The van der Waals surface area contributed by atoms with Gasteiger partial charge in [-0.15, -0.1) is 0 Å². The van der Waals surface area contributed by atoms with E-state index < -0.39 is 0 Å². The Balaban J connectivity index is 2.02. The van der Waals surface area contributed by atoms with Crippen LogP contribution in [-0.4, -0.2) is 4.98 Å². The van der Waals surface area contributed by atoms with Crippen LogP contribution in [-0.2, 0) is 6.61 Å². The van der Waals surface area contributed by atoms with Gasteiger partial charge in [0.15, 0.2) is 11.3 Å². The van der Waals surface area contributed by atoms with E-state index in [1.54, 1.807) is 18.3 Å². The van der Waals surface area contributed by atoms with E-state index in [2.05, 4.69) is 20.9 Å². The zero-order chi connectivity index (χ0) is 10.7. The molecule has 0 aliphatic carbocycles. The lowest BCUT2D eigenvalue weighted by Gasteiger charge is -2.04. The van der Waals surface area contributed by atoms with Gasteiger partial charge in [0, 0.05) is 0 Å². The van der Waals surface area contributed by atoms with Crippen LogP contribution in [0.5, 0.6) is 5.75 Å². The van der Waals surface area contributed by atoms with E-state index in [-0.39, 0.29) is 6.61 Å². The molecule has 0 radical (unpaired) electrons. The van der Waals surface area contributed by atoms with Gasteiger partial charge in [0.05, 0.1) is 11.2 Å². The van der Waals surface area contributed by atoms with E-state index in [1.165, 1.54) is 0 Å². The number of halogens is 2. The summed E-state index contributed by atoms with van der Waals surface area (Å²) in [5.41, 5.74) is 0. The summed E-state index contributed by atoms with van der Waals surface area (Å²) in [6.07, 6.45) is 1.57. The molecule has 0 unspecified atom stereocenters. The first-order valence-corrected chi connectivity index (χ1v) is 5.40. The van der Waals surface area contributed by atoms with Crippen LogP contribution in [0.3, 0.4) is 0 Å². The Kier molecular flexibility index (Phi) is 3.28. The standard InChI is InChI=1S/C10H7BrClNO2/c11-9-5-13-10(15-9)6-14-8-4-2-1-3-7(8)12/h1-5H,6H2. The highest BCUT2D eigenvalue weighted by Crippen LogP contribution is 2.24. The monoisotopic (exact) mass is 287 g/mol. The maximum atomic E-state index is 5.91. The molecule has 2 rings (SSSR count). The van der Waals surface area contributed by atoms with Gasteiger partial charge >= 0.3 is 0 Å². The number of hydrogen-bond acceptors (Lipinski definition) is 3. The maximum absolute atomic E-state index is 5.91. The average molecular weight is 289 g/mol.